The monoisotopic (exact) mass is 389 g/mol. The van der Waals surface area contributed by atoms with Crippen LogP contribution in [0.5, 0.6) is 0 Å². The smallest absolute Gasteiger partial charge is 0.255 e. The van der Waals surface area contributed by atoms with Gasteiger partial charge in [0, 0.05) is 15.6 Å². The molecular formula is C21H21Cl2NO2. The first-order chi connectivity index (χ1) is 12.6. The van der Waals surface area contributed by atoms with Crippen LogP contribution in [0.3, 0.4) is 0 Å². The third-order valence-corrected chi connectivity index (χ3v) is 6.17. The van der Waals surface area contributed by atoms with E-state index in [-0.39, 0.29) is 18.0 Å². The molecular weight excluding hydrogens is 369 g/mol. The van der Waals surface area contributed by atoms with E-state index in [1.165, 1.54) is 0 Å². The third-order valence-electron chi connectivity index (χ3n) is 5.60. The molecule has 2 aromatic rings. The highest BCUT2D eigenvalue weighted by Gasteiger charge is 2.41. The van der Waals surface area contributed by atoms with E-state index in [1.807, 2.05) is 41.3 Å². The number of amides is 1. The molecule has 136 valence electrons. The van der Waals surface area contributed by atoms with E-state index in [0.717, 1.165) is 42.4 Å². The van der Waals surface area contributed by atoms with E-state index in [1.54, 1.807) is 6.07 Å². The van der Waals surface area contributed by atoms with Gasteiger partial charge in [0.2, 0.25) is 0 Å². The minimum absolute atomic E-state index is 0.0196. The lowest BCUT2D eigenvalue weighted by molar-refractivity contribution is -0.000799. The number of fused-ring (bicyclic) bond motifs is 1. The Morgan fingerprint density at radius 2 is 1.81 bits per heavy atom. The van der Waals surface area contributed by atoms with E-state index < -0.39 is 6.10 Å². The maximum atomic E-state index is 13.4. The van der Waals surface area contributed by atoms with Crippen molar-refractivity contribution in [1.29, 1.82) is 0 Å². The minimum atomic E-state index is -0.494. The number of halogens is 2. The van der Waals surface area contributed by atoms with E-state index >= 15 is 0 Å². The Bertz CT molecular complexity index is 839. The van der Waals surface area contributed by atoms with Gasteiger partial charge in [-0.2, -0.15) is 0 Å². The van der Waals surface area contributed by atoms with Crippen LogP contribution in [0.15, 0.2) is 42.5 Å². The molecule has 5 heteroatoms. The molecule has 1 fully saturated rings. The van der Waals surface area contributed by atoms with Gasteiger partial charge in [0.15, 0.2) is 0 Å². The molecule has 0 bridgehead atoms. The summed E-state index contributed by atoms with van der Waals surface area (Å²) >= 11 is 12.6. The highest BCUT2D eigenvalue weighted by atomic mass is 35.5. The summed E-state index contributed by atoms with van der Waals surface area (Å²) in [6, 6.07) is 12.8. The number of rotatable bonds is 2. The fraction of sp³-hybridized carbons (Fsp3) is 0.381. The number of aliphatic hydroxyl groups excluding tert-OH is 1. The molecule has 0 unspecified atom stereocenters. The molecule has 26 heavy (non-hydrogen) atoms. The molecule has 0 saturated heterocycles. The summed E-state index contributed by atoms with van der Waals surface area (Å²) in [5.74, 6) is -0.0196. The summed E-state index contributed by atoms with van der Waals surface area (Å²) < 4.78 is 0. The lowest BCUT2D eigenvalue weighted by Crippen LogP contribution is -2.52. The van der Waals surface area contributed by atoms with Crippen LogP contribution in [0.1, 0.15) is 53.2 Å². The molecule has 0 aromatic heterocycles. The summed E-state index contributed by atoms with van der Waals surface area (Å²) in [7, 11) is 0. The van der Waals surface area contributed by atoms with Crippen LogP contribution >= 0.6 is 23.2 Å². The Morgan fingerprint density at radius 1 is 1.04 bits per heavy atom. The van der Waals surface area contributed by atoms with Crippen LogP contribution in [0, 0.1) is 0 Å². The largest absolute Gasteiger partial charge is 0.391 e. The maximum Gasteiger partial charge on any atom is 0.255 e. The van der Waals surface area contributed by atoms with Gasteiger partial charge in [-0.3, -0.25) is 4.79 Å². The normalized spacial score (nSPS) is 25.9. The molecule has 3 atom stereocenters. The molecule has 4 rings (SSSR count). The Kier molecular flexibility index (Phi) is 4.96. The first kappa shape index (κ1) is 17.8. The zero-order chi connectivity index (χ0) is 18.3. The van der Waals surface area contributed by atoms with Crippen LogP contribution in [0.25, 0.3) is 0 Å². The van der Waals surface area contributed by atoms with Gasteiger partial charge in [0.1, 0.15) is 0 Å². The first-order valence-corrected chi connectivity index (χ1v) is 9.85. The first-order valence-electron chi connectivity index (χ1n) is 9.10. The van der Waals surface area contributed by atoms with Crippen molar-refractivity contribution >= 4 is 29.1 Å². The molecule has 2 aromatic carbocycles. The van der Waals surface area contributed by atoms with Crippen molar-refractivity contribution < 1.29 is 9.90 Å². The number of benzene rings is 2. The van der Waals surface area contributed by atoms with Gasteiger partial charge in [-0.15, -0.1) is 0 Å². The zero-order valence-corrected chi connectivity index (χ0v) is 15.9. The zero-order valence-electron chi connectivity index (χ0n) is 14.4. The fourth-order valence-corrected chi connectivity index (χ4v) is 4.86. The number of aliphatic hydroxyl groups is 1. The average Bonchev–Trinajstić information content (AvgIpc) is 2.63. The lowest BCUT2D eigenvalue weighted by Gasteiger charge is -2.45. The average molecular weight is 390 g/mol. The van der Waals surface area contributed by atoms with Crippen molar-refractivity contribution in [3.05, 3.63) is 69.2 Å². The predicted octanol–water partition coefficient (Wildman–Crippen LogP) is 5.04. The third kappa shape index (κ3) is 3.13. The van der Waals surface area contributed by atoms with Crippen LogP contribution in [-0.2, 0) is 6.42 Å². The van der Waals surface area contributed by atoms with Crippen LogP contribution in [-0.4, -0.2) is 28.1 Å². The maximum absolute atomic E-state index is 13.4. The van der Waals surface area contributed by atoms with Crippen molar-refractivity contribution in [3.8, 4) is 0 Å². The van der Waals surface area contributed by atoms with E-state index in [9.17, 15) is 9.90 Å². The Balaban J connectivity index is 1.82. The molecule has 3 nitrogen and oxygen atoms in total. The summed E-state index contributed by atoms with van der Waals surface area (Å²) in [6.07, 6.45) is 3.77. The molecule has 1 aliphatic carbocycles. The molecule has 1 heterocycles. The van der Waals surface area contributed by atoms with Crippen LogP contribution < -0.4 is 0 Å². The van der Waals surface area contributed by atoms with E-state index in [4.69, 9.17) is 23.2 Å². The Labute approximate surface area is 163 Å². The summed E-state index contributed by atoms with van der Waals surface area (Å²) in [5, 5.41) is 11.8. The van der Waals surface area contributed by atoms with Crippen molar-refractivity contribution in [1.82, 2.24) is 4.90 Å². The molecule has 2 aliphatic rings. The SMILES string of the molecule is O=C1c2ccccc2C[C@H](c2ccc(Cl)cc2Cl)N1[C@@H]1CCCC[C@H]1O. The topological polar surface area (TPSA) is 40.5 Å². The van der Waals surface area contributed by atoms with Crippen molar-refractivity contribution in [2.75, 3.05) is 0 Å². The quantitative estimate of drug-likeness (QED) is 0.781. The van der Waals surface area contributed by atoms with Crippen molar-refractivity contribution in [2.24, 2.45) is 0 Å². The lowest BCUT2D eigenvalue weighted by atomic mass is 9.84. The van der Waals surface area contributed by atoms with Crippen molar-refractivity contribution in [3.63, 3.8) is 0 Å². The van der Waals surface area contributed by atoms with Gasteiger partial charge in [0.05, 0.1) is 18.2 Å². The Morgan fingerprint density at radius 3 is 2.58 bits per heavy atom. The minimum Gasteiger partial charge on any atom is -0.391 e. The number of hydrogen-bond acceptors (Lipinski definition) is 2. The van der Waals surface area contributed by atoms with Gasteiger partial charge in [-0.05, 0) is 48.6 Å². The predicted molar refractivity (Wildman–Crippen MR) is 104 cm³/mol. The second-order valence-corrected chi connectivity index (χ2v) is 8.02. The highest BCUT2D eigenvalue weighted by Crippen LogP contribution is 2.41. The molecule has 0 radical (unpaired) electrons. The second-order valence-electron chi connectivity index (χ2n) is 7.17. The van der Waals surface area contributed by atoms with Crippen LogP contribution in [0.4, 0.5) is 0 Å². The number of carbonyl (C=O) groups excluding carboxylic acids is 1. The van der Waals surface area contributed by atoms with Gasteiger partial charge in [-0.25, -0.2) is 0 Å². The molecule has 1 saturated carbocycles. The fourth-order valence-electron chi connectivity index (χ4n) is 4.32. The van der Waals surface area contributed by atoms with Crippen LogP contribution in [0.2, 0.25) is 10.0 Å². The number of nitrogens with zero attached hydrogens (tertiary/aromatic N) is 1. The molecule has 1 amide bonds. The van der Waals surface area contributed by atoms with Gasteiger partial charge >= 0.3 is 0 Å². The molecule has 1 aliphatic heterocycles. The van der Waals surface area contributed by atoms with E-state index in [2.05, 4.69) is 0 Å². The summed E-state index contributed by atoms with van der Waals surface area (Å²) in [4.78, 5) is 15.2. The standard InChI is InChI=1S/C21H21Cl2NO2/c22-14-9-10-16(17(23)12-14)19-11-13-5-1-2-6-15(13)21(26)24(19)18-7-3-4-8-20(18)25/h1-2,5-6,9-10,12,18-20,25H,3-4,7-8,11H2/t18-,19-,20-/m1/s1. The summed E-state index contributed by atoms with van der Waals surface area (Å²) in [6.45, 7) is 0. The van der Waals surface area contributed by atoms with Gasteiger partial charge in [0.25, 0.3) is 5.91 Å². The van der Waals surface area contributed by atoms with E-state index in [0.29, 0.717) is 16.5 Å². The Hall–Kier alpha value is -1.55. The van der Waals surface area contributed by atoms with Crippen molar-refractivity contribution in [2.45, 2.75) is 50.3 Å². The van der Waals surface area contributed by atoms with Gasteiger partial charge in [-0.1, -0.05) is 60.3 Å². The number of carbonyl (C=O) groups is 1. The highest BCUT2D eigenvalue weighted by molar-refractivity contribution is 6.35. The molecule has 0 spiro atoms. The second kappa shape index (κ2) is 7.22. The molecule has 1 N–H and O–H groups in total. The van der Waals surface area contributed by atoms with Gasteiger partial charge < -0.3 is 10.0 Å². The number of hydrogen-bond donors (Lipinski definition) is 1. The summed E-state index contributed by atoms with van der Waals surface area (Å²) in [5.41, 5.74) is 2.64.